The van der Waals surface area contributed by atoms with E-state index in [1.165, 1.54) is 41.7 Å². The molecule has 1 atom stereocenters. The first kappa shape index (κ1) is 10.7. The van der Waals surface area contributed by atoms with Crippen LogP contribution in [0.15, 0.2) is 6.33 Å². The lowest BCUT2D eigenvalue weighted by molar-refractivity contribution is 0.509. The lowest BCUT2D eigenvalue weighted by Crippen LogP contribution is -2.37. The van der Waals surface area contributed by atoms with Crippen molar-refractivity contribution in [1.29, 1.82) is 0 Å². The summed E-state index contributed by atoms with van der Waals surface area (Å²) in [5.74, 6) is 2.02. The lowest BCUT2D eigenvalue weighted by atomic mass is 9.89. The quantitative estimate of drug-likeness (QED) is 0.788. The molecule has 4 heteroatoms. The molecule has 18 heavy (non-hydrogen) atoms. The zero-order valence-corrected chi connectivity index (χ0v) is 11.5. The van der Waals surface area contributed by atoms with E-state index in [0.29, 0.717) is 0 Å². The number of hydrogen-bond donors (Lipinski definition) is 0. The summed E-state index contributed by atoms with van der Waals surface area (Å²) in [5, 5.41) is 1.36. The zero-order valence-electron chi connectivity index (χ0n) is 10.6. The first-order valence-corrected chi connectivity index (χ1v) is 7.65. The fourth-order valence-corrected chi connectivity index (χ4v) is 4.37. The van der Waals surface area contributed by atoms with E-state index in [0.717, 1.165) is 19.0 Å². The fourth-order valence-electron chi connectivity index (χ4n) is 3.03. The van der Waals surface area contributed by atoms with Crippen LogP contribution in [-0.2, 0) is 12.8 Å². The van der Waals surface area contributed by atoms with Crippen molar-refractivity contribution < 1.29 is 0 Å². The standard InChI is InChI=1S/C14H17N3S/c1-9-3-4-10-11(7-9)18-14-12(10)13(15-8-16-14)17-5-2-6-17/h8-9H,2-7H2,1H3/t9-/m1/s1. The Bertz CT molecular complexity index is 600. The molecule has 0 spiro atoms. The van der Waals surface area contributed by atoms with E-state index >= 15 is 0 Å². The van der Waals surface area contributed by atoms with Crippen molar-refractivity contribution >= 4 is 27.4 Å². The summed E-state index contributed by atoms with van der Waals surface area (Å²) < 4.78 is 0. The van der Waals surface area contributed by atoms with Gasteiger partial charge >= 0.3 is 0 Å². The van der Waals surface area contributed by atoms with Gasteiger partial charge in [-0.2, -0.15) is 0 Å². The van der Waals surface area contributed by atoms with Crippen molar-refractivity contribution in [1.82, 2.24) is 9.97 Å². The number of anilines is 1. The van der Waals surface area contributed by atoms with Crippen LogP contribution in [-0.4, -0.2) is 23.1 Å². The molecule has 0 aromatic carbocycles. The summed E-state index contributed by atoms with van der Waals surface area (Å²) in [6.07, 6.45) is 6.80. The monoisotopic (exact) mass is 259 g/mol. The van der Waals surface area contributed by atoms with Gasteiger partial charge in [-0.3, -0.25) is 0 Å². The molecule has 2 aromatic heterocycles. The summed E-state index contributed by atoms with van der Waals surface area (Å²) in [5.41, 5.74) is 1.55. The van der Waals surface area contributed by atoms with Gasteiger partial charge in [0, 0.05) is 18.0 Å². The van der Waals surface area contributed by atoms with Crippen LogP contribution < -0.4 is 4.90 Å². The molecule has 1 fully saturated rings. The van der Waals surface area contributed by atoms with Crippen molar-refractivity contribution in [2.24, 2.45) is 5.92 Å². The van der Waals surface area contributed by atoms with Gasteiger partial charge in [0.1, 0.15) is 17.0 Å². The number of aryl methyl sites for hydroxylation is 1. The second-order valence-electron chi connectivity index (χ2n) is 5.57. The molecule has 2 aromatic rings. The molecule has 0 N–H and O–H groups in total. The Kier molecular flexibility index (Phi) is 2.34. The predicted molar refractivity (Wildman–Crippen MR) is 75.4 cm³/mol. The van der Waals surface area contributed by atoms with Crippen LogP contribution in [0, 0.1) is 5.92 Å². The normalized spacial score (nSPS) is 22.9. The second kappa shape index (κ2) is 3.92. The molecule has 1 aliphatic carbocycles. The van der Waals surface area contributed by atoms with Crippen molar-refractivity contribution in [3.63, 3.8) is 0 Å². The van der Waals surface area contributed by atoms with Gasteiger partial charge in [-0.15, -0.1) is 11.3 Å². The van der Waals surface area contributed by atoms with Gasteiger partial charge in [0.05, 0.1) is 5.39 Å². The van der Waals surface area contributed by atoms with Crippen molar-refractivity contribution in [3.8, 4) is 0 Å². The smallest absolute Gasteiger partial charge is 0.141 e. The molecule has 94 valence electrons. The number of rotatable bonds is 1. The number of nitrogens with zero attached hydrogens (tertiary/aromatic N) is 3. The number of fused-ring (bicyclic) bond motifs is 3. The Hall–Kier alpha value is -1.16. The molecule has 3 heterocycles. The van der Waals surface area contributed by atoms with Crippen LogP contribution >= 0.6 is 11.3 Å². The molecular weight excluding hydrogens is 242 g/mol. The molecule has 0 unspecified atom stereocenters. The first-order valence-electron chi connectivity index (χ1n) is 6.83. The third-order valence-corrected chi connectivity index (χ3v) is 5.39. The second-order valence-corrected chi connectivity index (χ2v) is 6.65. The van der Waals surface area contributed by atoms with Gasteiger partial charge in [0.2, 0.25) is 0 Å². The van der Waals surface area contributed by atoms with Crippen LogP contribution in [0.25, 0.3) is 10.2 Å². The van der Waals surface area contributed by atoms with E-state index in [2.05, 4.69) is 21.8 Å². The van der Waals surface area contributed by atoms with Gasteiger partial charge in [0.25, 0.3) is 0 Å². The van der Waals surface area contributed by atoms with Crippen LogP contribution in [0.2, 0.25) is 0 Å². The topological polar surface area (TPSA) is 29.0 Å². The van der Waals surface area contributed by atoms with E-state index in [4.69, 9.17) is 0 Å². The molecule has 0 amide bonds. The maximum absolute atomic E-state index is 4.55. The first-order chi connectivity index (χ1) is 8.83. The zero-order chi connectivity index (χ0) is 12.1. The van der Waals surface area contributed by atoms with Gasteiger partial charge in [-0.05, 0) is 37.2 Å². The summed E-state index contributed by atoms with van der Waals surface area (Å²) in [6.45, 7) is 4.68. The van der Waals surface area contributed by atoms with E-state index in [-0.39, 0.29) is 0 Å². The Labute approximate surface area is 111 Å². The van der Waals surface area contributed by atoms with E-state index in [1.54, 1.807) is 16.8 Å². The molecule has 3 nitrogen and oxygen atoms in total. The summed E-state index contributed by atoms with van der Waals surface area (Å²) in [7, 11) is 0. The maximum atomic E-state index is 4.55. The van der Waals surface area contributed by atoms with E-state index in [1.807, 2.05) is 11.3 Å². The number of thiophene rings is 1. The van der Waals surface area contributed by atoms with Crippen LogP contribution in [0.1, 0.15) is 30.2 Å². The molecule has 1 aliphatic heterocycles. The molecule has 0 radical (unpaired) electrons. The highest BCUT2D eigenvalue weighted by Crippen LogP contribution is 2.41. The molecule has 2 aliphatic rings. The minimum absolute atomic E-state index is 0.825. The number of aromatic nitrogens is 2. The Morgan fingerprint density at radius 3 is 3.00 bits per heavy atom. The van der Waals surface area contributed by atoms with Crippen molar-refractivity contribution in [3.05, 3.63) is 16.8 Å². The highest BCUT2D eigenvalue weighted by molar-refractivity contribution is 7.19. The van der Waals surface area contributed by atoms with Crippen LogP contribution in [0.5, 0.6) is 0 Å². The Morgan fingerprint density at radius 2 is 2.22 bits per heavy atom. The molecule has 4 rings (SSSR count). The minimum Gasteiger partial charge on any atom is -0.356 e. The number of hydrogen-bond acceptors (Lipinski definition) is 4. The molecule has 1 saturated heterocycles. The van der Waals surface area contributed by atoms with E-state index in [9.17, 15) is 0 Å². The Morgan fingerprint density at radius 1 is 1.33 bits per heavy atom. The Balaban J connectivity index is 1.92. The van der Waals surface area contributed by atoms with Gasteiger partial charge in [0.15, 0.2) is 0 Å². The largest absolute Gasteiger partial charge is 0.356 e. The van der Waals surface area contributed by atoms with Crippen molar-refractivity contribution in [2.45, 2.75) is 32.6 Å². The van der Waals surface area contributed by atoms with Crippen LogP contribution in [0.3, 0.4) is 0 Å². The predicted octanol–water partition coefficient (Wildman–Crippen LogP) is 3.03. The summed E-state index contributed by atoms with van der Waals surface area (Å²) >= 11 is 1.89. The molecule has 0 saturated carbocycles. The summed E-state index contributed by atoms with van der Waals surface area (Å²) in [6, 6.07) is 0. The highest BCUT2D eigenvalue weighted by Gasteiger charge is 2.26. The highest BCUT2D eigenvalue weighted by atomic mass is 32.1. The SMILES string of the molecule is C[C@@H]1CCc2c(sc3ncnc(N4CCC4)c23)C1. The fraction of sp³-hybridized carbons (Fsp3) is 0.571. The van der Waals surface area contributed by atoms with Gasteiger partial charge in [-0.1, -0.05) is 6.92 Å². The maximum Gasteiger partial charge on any atom is 0.141 e. The van der Waals surface area contributed by atoms with E-state index < -0.39 is 0 Å². The lowest BCUT2D eigenvalue weighted by Gasteiger charge is -2.32. The van der Waals surface area contributed by atoms with Gasteiger partial charge < -0.3 is 4.90 Å². The molecular formula is C14H17N3S. The minimum atomic E-state index is 0.825. The van der Waals surface area contributed by atoms with Crippen LogP contribution in [0.4, 0.5) is 5.82 Å². The van der Waals surface area contributed by atoms with Crippen molar-refractivity contribution in [2.75, 3.05) is 18.0 Å². The average Bonchev–Trinajstić information content (AvgIpc) is 2.64. The van der Waals surface area contributed by atoms with Gasteiger partial charge in [-0.25, -0.2) is 9.97 Å². The average molecular weight is 259 g/mol. The molecule has 0 bridgehead atoms. The third-order valence-electron chi connectivity index (χ3n) is 4.23. The third kappa shape index (κ3) is 1.48. The summed E-state index contributed by atoms with van der Waals surface area (Å²) in [4.78, 5) is 14.2.